The van der Waals surface area contributed by atoms with E-state index in [0.29, 0.717) is 47.7 Å². The molecule has 1 atom stereocenters. The Morgan fingerprint density at radius 3 is 2.67 bits per heavy atom. The molecule has 0 saturated heterocycles. The Hall–Kier alpha value is -4.59. The Balaban J connectivity index is 1.33. The molecule has 36 heavy (non-hydrogen) atoms. The smallest absolute Gasteiger partial charge is 0.254 e. The first-order chi connectivity index (χ1) is 17.7. The van der Waals surface area contributed by atoms with E-state index in [1.54, 1.807) is 29.1 Å². The standard InChI is InChI=1S/C28H24N4O4/c1-31(16-21-18-35-25-11-5-6-12-26(25)36-21)28(33)22-14-24(19-8-3-2-4-9-19)30-27-23(22)15-29-32(27)17-20-10-7-13-34-20/h2-15,21H,16-18H2,1H3/t21-/m0/s1. The Kier molecular flexibility index (Phi) is 5.61. The number of pyridine rings is 1. The number of benzene rings is 2. The number of amides is 1. The summed E-state index contributed by atoms with van der Waals surface area (Å²) in [6.45, 7) is 1.16. The van der Waals surface area contributed by atoms with Crippen LogP contribution in [0, 0.1) is 0 Å². The molecule has 0 N–H and O–H groups in total. The Labute approximate surface area is 207 Å². The minimum absolute atomic E-state index is 0.139. The number of aromatic nitrogens is 3. The molecule has 0 aliphatic carbocycles. The van der Waals surface area contributed by atoms with Crippen LogP contribution in [0.25, 0.3) is 22.3 Å². The van der Waals surface area contributed by atoms with Gasteiger partial charge in [0.2, 0.25) is 0 Å². The molecule has 2 aromatic carbocycles. The van der Waals surface area contributed by atoms with Crippen molar-refractivity contribution in [3.63, 3.8) is 0 Å². The first kappa shape index (κ1) is 21.9. The number of likely N-dealkylation sites (N-methyl/N-ethyl adjacent to an activating group) is 1. The van der Waals surface area contributed by atoms with Crippen molar-refractivity contribution in [3.05, 3.63) is 96.6 Å². The monoisotopic (exact) mass is 480 g/mol. The molecule has 6 rings (SSSR count). The van der Waals surface area contributed by atoms with Crippen LogP contribution in [0.15, 0.2) is 89.7 Å². The minimum atomic E-state index is -0.276. The number of rotatable bonds is 6. The van der Waals surface area contributed by atoms with Crippen molar-refractivity contribution in [2.45, 2.75) is 12.6 Å². The minimum Gasteiger partial charge on any atom is -0.486 e. The average Bonchev–Trinajstić information content (AvgIpc) is 3.58. The molecule has 5 aromatic rings. The van der Waals surface area contributed by atoms with Crippen LogP contribution >= 0.6 is 0 Å². The summed E-state index contributed by atoms with van der Waals surface area (Å²) >= 11 is 0. The van der Waals surface area contributed by atoms with Crippen molar-refractivity contribution < 1.29 is 18.7 Å². The van der Waals surface area contributed by atoms with E-state index in [1.807, 2.05) is 72.8 Å². The summed E-state index contributed by atoms with van der Waals surface area (Å²) in [6, 6.07) is 22.9. The number of fused-ring (bicyclic) bond motifs is 2. The van der Waals surface area contributed by atoms with Gasteiger partial charge in [-0.2, -0.15) is 5.10 Å². The van der Waals surface area contributed by atoms with Gasteiger partial charge < -0.3 is 18.8 Å². The predicted molar refractivity (Wildman–Crippen MR) is 134 cm³/mol. The largest absolute Gasteiger partial charge is 0.486 e. The van der Waals surface area contributed by atoms with Crippen LogP contribution in [-0.2, 0) is 6.54 Å². The highest BCUT2D eigenvalue weighted by molar-refractivity contribution is 6.06. The first-order valence-electron chi connectivity index (χ1n) is 11.7. The summed E-state index contributed by atoms with van der Waals surface area (Å²) in [5.74, 6) is 2.02. The van der Waals surface area contributed by atoms with E-state index in [2.05, 4.69) is 5.10 Å². The van der Waals surface area contributed by atoms with Gasteiger partial charge >= 0.3 is 0 Å². The van der Waals surface area contributed by atoms with E-state index in [4.69, 9.17) is 18.9 Å². The lowest BCUT2D eigenvalue weighted by Gasteiger charge is -2.29. The van der Waals surface area contributed by atoms with Crippen molar-refractivity contribution >= 4 is 16.9 Å². The van der Waals surface area contributed by atoms with E-state index < -0.39 is 0 Å². The molecule has 0 unspecified atom stereocenters. The summed E-state index contributed by atoms with van der Waals surface area (Å²) in [5.41, 5.74) is 2.77. The zero-order valence-corrected chi connectivity index (χ0v) is 19.7. The molecule has 4 heterocycles. The number of furan rings is 1. The van der Waals surface area contributed by atoms with Crippen molar-refractivity contribution in [2.75, 3.05) is 20.2 Å². The van der Waals surface area contributed by atoms with E-state index in [0.717, 1.165) is 17.1 Å². The molecule has 1 aliphatic heterocycles. The predicted octanol–water partition coefficient (Wildman–Crippen LogP) is 4.65. The molecule has 1 amide bonds. The van der Waals surface area contributed by atoms with Crippen LogP contribution in [0.4, 0.5) is 0 Å². The summed E-state index contributed by atoms with van der Waals surface area (Å²) in [6.07, 6.45) is 3.04. The number of hydrogen-bond acceptors (Lipinski definition) is 6. The van der Waals surface area contributed by atoms with E-state index >= 15 is 0 Å². The maximum absolute atomic E-state index is 13.7. The van der Waals surface area contributed by atoms with Crippen LogP contribution < -0.4 is 9.47 Å². The number of ether oxygens (including phenoxy) is 2. The Morgan fingerprint density at radius 2 is 1.86 bits per heavy atom. The van der Waals surface area contributed by atoms with E-state index in [-0.39, 0.29) is 12.0 Å². The third-order valence-electron chi connectivity index (χ3n) is 6.19. The number of carbonyl (C=O) groups excluding carboxylic acids is 1. The molecule has 0 bridgehead atoms. The van der Waals surface area contributed by atoms with Gasteiger partial charge in [0.15, 0.2) is 23.3 Å². The highest BCUT2D eigenvalue weighted by Crippen LogP contribution is 2.31. The molecule has 8 heteroatoms. The summed E-state index contributed by atoms with van der Waals surface area (Å²) < 4.78 is 19.2. The highest BCUT2D eigenvalue weighted by Gasteiger charge is 2.26. The van der Waals surface area contributed by atoms with Gasteiger partial charge in [0.05, 0.1) is 35.6 Å². The number of hydrogen-bond donors (Lipinski definition) is 0. The molecule has 3 aromatic heterocycles. The van der Waals surface area contributed by atoms with E-state index in [9.17, 15) is 4.79 Å². The fourth-order valence-electron chi connectivity index (χ4n) is 4.39. The summed E-state index contributed by atoms with van der Waals surface area (Å²) in [7, 11) is 1.77. The molecule has 1 aliphatic rings. The molecule has 0 radical (unpaired) electrons. The van der Waals surface area contributed by atoms with E-state index in [1.165, 1.54) is 0 Å². The lowest BCUT2D eigenvalue weighted by atomic mass is 10.1. The third-order valence-corrected chi connectivity index (χ3v) is 6.19. The first-order valence-corrected chi connectivity index (χ1v) is 11.7. The van der Waals surface area contributed by atoms with Gasteiger partial charge in [-0.3, -0.25) is 4.79 Å². The molecule has 0 saturated carbocycles. The highest BCUT2D eigenvalue weighted by atomic mass is 16.6. The summed E-state index contributed by atoms with van der Waals surface area (Å²) in [5, 5.41) is 5.21. The maximum atomic E-state index is 13.7. The van der Waals surface area contributed by atoms with Gasteiger partial charge in [0.25, 0.3) is 5.91 Å². The zero-order chi connectivity index (χ0) is 24.5. The topological polar surface area (TPSA) is 82.6 Å². The second-order valence-electron chi connectivity index (χ2n) is 8.72. The van der Waals surface area contributed by atoms with Gasteiger partial charge in [-0.05, 0) is 30.3 Å². The molecule has 0 fully saturated rings. The van der Waals surface area contributed by atoms with Crippen molar-refractivity contribution in [1.82, 2.24) is 19.7 Å². The normalized spacial score (nSPS) is 14.6. The van der Waals surface area contributed by atoms with Crippen molar-refractivity contribution in [2.24, 2.45) is 0 Å². The lowest BCUT2D eigenvalue weighted by molar-refractivity contribution is 0.0522. The second kappa shape index (κ2) is 9.22. The van der Waals surface area contributed by atoms with Crippen LogP contribution in [0.2, 0.25) is 0 Å². The molecule has 180 valence electrons. The lowest BCUT2D eigenvalue weighted by Crippen LogP contribution is -2.41. The maximum Gasteiger partial charge on any atom is 0.254 e. The zero-order valence-electron chi connectivity index (χ0n) is 19.7. The second-order valence-corrected chi connectivity index (χ2v) is 8.72. The third kappa shape index (κ3) is 4.17. The fourth-order valence-corrected chi connectivity index (χ4v) is 4.39. The van der Waals surface area contributed by atoms with Gasteiger partial charge in [0.1, 0.15) is 18.9 Å². The molecular weight excluding hydrogens is 456 g/mol. The number of carbonyl (C=O) groups is 1. The van der Waals surface area contributed by atoms with Crippen LogP contribution in [0.3, 0.4) is 0 Å². The van der Waals surface area contributed by atoms with Gasteiger partial charge in [0, 0.05) is 12.6 Å². The Morgan fingerprint density at radius 1 is 1.06 bits per heavy atom. The van der Waals surface area contributed by atoms with Crippen LogP contribution in [-0.4, -0.2) is 51.9 Å². The van der Waals surface area contributed by atoms with Crippen molar-refractivity contribution in [1.29, 1.82) is 0 Å². The Bertz CT molecular complexity index is 1510. The quantitative estimate of drug-likeness (QED) is 0.352. The fraction of sp³-hybridized carbons (Fsp3) is 0.179. The molecule has 0 spiro atoms. The average molecular weight is 481 g/mol. The van der Waals surface area contributed by atoms with Gasteiger partial charge in [-0.25, -0.2) is 9.67 Å². The molecule has 8 nitrogen and oxygen atoms in total. The van der Waals surface area contributed by atoms with Gasteiger partial charge in [-0.1, -0.05) is 42.5 Å². The summed E-state index contributed by atoms with van der Waals surface area (Å²) in [4.78, 5) is 20.3. The van der Waals surface area contributed by atoms with Gasteiger partial charge in [-0.15, -0.1) is 0 Å². The van der Waals surface area contributed by atoms with Crippen LogP contribution in [0.1, 0.15) is 16.1 Å². The SMILES string of the molecule is CN(C[C@H]1COc2ccccc2O1)C(=O)c1cc(-c2ccccc2)nc2c1cnn2Cc1ccco1. The number of para-hydroxylation sites is 2. The van der Waals surface area contributed by atoms with Crippen LogP contribution in [0.5, 0.6) is 11.5 Å². The molecular formula is C28H24N4O4. The van der Waals surface area contributed by atoms with Crippen molar-refractivity contribution in [3.8, 4) is 22.8 Å². The number of nitrogens with zero attached hydrogens (tertiary/aromatic N) is 4.